The van der Waals surface area contributed by atoms with Crippen LogP contribution in [-0.4, -0.2) is 30.6 Å². The van der Waals surface area contributed by atoms with Crippen LogP contribution in [0.25, 0.3) is 0 Å². The van der Waals surface area contributed by atoms with Crippen LogP contribution >= 0.6 is 0 Å². The number of carbonyl (C=O) groups excluding carboxylic acids is 1. The van der Waals surface area contributed by atoms with Crippen molar-refractivity contribution in [1.29, 1.82) is 0 Å². The quantitative estimate of drug-likeness (QED) is 0.814. The molecule has 18 heavy (non-hydrogen) atoms. The van der Waals surface area contributed by atoms with E-state index in [1.165, 1.54) is 6.08 Å². The van der Waals surface area contributed by atoms with Gasteiger partial charge in [-0.2, -0.15) is 0 Å². The van der Waals surface area contributed by atoms with Crippen LogP contribution < -0.4 is 10.1 Å². The van der Waals surface area contributed by atoms with E-state index in [4.69, 9.17) is 9.47 Å². The lowest BCUT2D eigenvalue weighted by atomic mass is 10.0. The van der Waals surface area contributed by atoms with E-state index in [0.717, 1.165) is 12.0 Å². The molecule has 5 nitrogen and oxygen atoms in total. The maximum Gasteiger partial charge on any atom is 0.243 e. The van der Waals surface area contributed by atoms with Crippen molar-refractivity contribution in [3.63, 3.8) is 0 Å². The number of ether oxygens (including phenoxy) is 2. The number of methoxy groups -OCH3 is 1. The number of hydrogen-bond acceptors (Lipinski definition) is 4. The molecule has 96 valence electrons. The fourth-order valence-electron chi connectivity index (χ4n) is 1.99. The summed E-state index contributed by atoms with van der Waals surface area (Å²) in [6, 6.07) is 3.64. The summed E-state index contributed by atoms with van der Waals surface area (Å²) in [5.74, 6) is 0.375. The van der Waals surface area contributed by atoms with Crippen molar-refractivity contribution >= 4 is 5.91 Å². The van der Waals surface area contributed by atoms with Crippen molar-refractivity contribution < 1.29 is 14.3 Å². The first-order valence-corrected chi connectivity index (χ1v) is 5.79. The number of rotatable bonds is 4. The summed E-state index contributed by atoms with van der Waals surface area (Å²) in [6.45, 7) is 4.07. The molecule has 1 saturated heterocycles. The molecule has 2 heterocycles. The Kier molecular flexibility index (Phi) is 3.94. The van der Waals surface area contributed by atoms with E-state index in [9.17, 15) is 4.79 Å². The number of carbonyl (C=O) groups is 1. The Morgan fingerprint density at radius 2 is 2.50 bits per heavy atom. The highest BCUT2D eigenvalue weighted by molar-refractivity contribution is 5.87. The number of hydrogen-bond donors (Lipinski definition) is 1. The molecular weight excluding hydrogens is 232 g/mol. The number of nitrogens with one attached hydrogen (secondary N) is 1. The van der Waals surface area contributed by atoms with Crippen molar-refractivity contribution in [2.24, 2.45) is 0 Å². The van der Waals surface area contributed by atoms with Crippen molar-refractivity contribution in [2.45, 2.75) is 18.6 Å². The number of nitrogens with zero attached hydrogens (tertiary/aromatic N) is 1. The van der Waals surface area contributed by atoms with Gasteiger partial charge in [-0.15, -0.1) is 0 Å². The molecule has 0 unspecified atom stereocenters. The number of pyridine rings is 1. The summed E-state index contributed by atoms with van der Waals surface area (Å²) >= 11 is 0. The lowest BCUT2D eigenvalue weighted by Crippen LogP contribution is -2.35. The Bertz CT molecular complexity index is 430. The normalized spacial score (nSPS) is 22.5. The highest BCUT2D eigenvalue weighted by Gasteiger charge is 2.30. The fraction of sp³-hybridized carbons (Fsp3) is 0.385. The maximum absolute atomic E-state index is 11.3. The second kappa shape index (κ2) is 5.64. The average Bonchev–Trinajstić information content (AvgIpc) is 2.86. The third kappa shape index (κ3) is 2.68. The lowest BCUT2D eigenvalue weighted by molar-refractivity contribution is -0.117. The average molecular weight is 248 g/mol. The van der Waals surface area contributed by atoms with Crippen molar-refractivity contribution in [2.75, 3.05) is 13.7 Å². The predicted octanol–water partition coefficient (Wildman–Crippen LogP) is 1.22. The predicted molar refractivity (Wildman–Crippen MR) is 66.2 cm³/mol. The molecule has 0 radical (unpaired) electrons. The molecule has 0 bridgehead atoms. The highest BCUT2D eigenvalue weighted by Crippen LogP contribution is 2.29. The molecule has 0 saturated carbocycles. The van der Waals surface area contributed by atoms with Crippen molar-refractivity contribution in [3.8, 4) is 5.88 Å². The van der Waals surface area contributed by atoms with Gasteiger partial charge in [0.15, 0.2) is 0 Å². The van der Waals surface area contributed by atoms with Crippen LogP contribution in [0.2, 0.25) is 0 Å². The summed E-state index contributed by atoms with van der Waals surface area (Å²) in [6.07, 6.45) is 3.60. The SMILES string of the molecule is C=CC(=O)N[C@H]1CCO[C@@H]1c1ccc(OC)nc1. The van der Waals surface area contributed by atoms with Gasteiger partial charge in [-0.25, -0.2) is 4.98 Å². The molecule has 2 rings (SSSR count). The Morgan fingerprint density at radius 1 is 1.67 bits per heavy atom. The van der Waals surface area contributed by atoms with Crippen LogP contribution in [-0.2, 0) is 9.53 Å². The van der Waals surface area contributed by atoms with Gasteiger partial charge >= 0.3 is 0 Å². The molecular formula is C13H16N2O3. The molecule has 2 atom stereocenters. The minimum absolute atomic E-state index is 0.0364. The van der Waals surface area contributed by atoms with Crippen molar-refractivity contribution in [3.05, 3.63) is 36.5 Å². The third-order valence-corrected chi connectivity index (χ3v) is 2.90. The Balaban J connectivity index is 2.10. The monoisotopic (exact) mass is 248 g/mol. The van der Waals surface area contributed by atoms with Crippen LogP contribution in [0.5, 0.6) is 5.88 Å². The first-order valence-electron chi connectivity index (χ1n) is 5.79. The van der Waals surface area contributed by atoms with Gasteiger partial charge in [-0.3, -0.25) is 4.79 Å². The largest absolute Gasteiger partial charge is 0.481 e. The Morgan fingerprint density at radius 3 is 3.11 bits per heavy atom. The molecule has 0 aliphatic carbocycles. The molecule has 1 aliphatic rings. The van der Waals surface area contributed by atoms with E-state index in [-0.39, 0.29) is 18.1 Å². The first-order chi connectivity index (χ1) is 8.74. The second-order valence-electron chi connectivity index (χ2n) is 4.03. The van der Waals surface area contributed by atoms with E-state index in [1.807, 2.05) is 6.07 Å². The summed E-state index contributed by atoms with van der Waals surface area (Å²) in [4.78, 5) is 15.5. The fourth-order valence-corrected chi connectivity index (χ4v) is 1.99. The van der Waals surface area contributed by atoms with Gasteiger partial charge in [0.05, 0.1) is 13.2 Å². The first kappa shape index (κ1) is 12.6. The van der Waals surface area contributed by atoms with Crippen molar-refractivity contribution in [1.82, 2.24) is 10.3 Å². The lowest BCUT2D eigenvalue weighted by Gasteiger charge is -2.19. The Hall–Kier alpha value is -1.88. The Labute approximate surface area is 106 Å². The topological polar surface area (TPSA) is 60.5 Å². The van der Waals surface area contributed by atoms with Gasteiger partial charge in [0, 0.05) is 24.4 Å². The minimum atomic E-state index is -0.183. The van der Waals surface area contributed by atoms with Crippen LogP contribution in [0.1, 0.15) is 18.1 Å². The zero-order chi connectivity index (χ0) is 13.0. The smallest absolute Gasteiger partial charge is 0.243 e. The molecule has 1 amide bonds. The molecule has 1 aromatic heterocycles. The standard InChI is InChI=1S/C13H16N2O3/c1-3-11(16)15-10-6-7-18-13(10)9-4-5-12(17-2)14-8-9/h3-5,8,10,13H,1,6-7H2,2H3,(H,15,16)/t10-,13+/m0/s1. The van der Waals surface area contributed by atoms with Gasteiger partial charge in [0.2, 0.25) is 11.8 Å². The second-order valence-corrected chi connectivity index (χ2v) is 4.03. The maximum atomic E-state index is 11.3. The molecule has 1 aromatic rings. The molecule has 1 aliphatic heterocycles. The van der Waals surface area contributed by atoms with E-state index >= 15 is 0 Å². The summed E-state index contributed by atoms with van der Waals surface area (Å²) in [7, 11) is 1.57. The summed E-state index contributed by atoms with van der Waals surface area (Å²) < 4.78 is 10.6. The highest BCUT2D eigenvalue weighted by atomic mass is 16.5. The van der Waals surface area contributed by atoms with Gasteiger partial charge in [-0.05, 0) is 18.6 Å². The molecule has 0 aromatic carbocycles. The van der Waals surface area contributed by atoms with Crippen LogP contribution in [0, 0.1) is 0 Å². The van der Waals surface area contributed by atoms with E-state index < -0.39 is 0 Å². The number of aromatic nitrogens is 1. The van der Waals surface area contributed by atoms with Gasteiger partial charge in [-0.1, -0.05) is 6.58 Å². The van der Waals surface area contributed by atoms with Gasteiger partial charge in [0.25, 0.3) is 0 Å². The molecule has 1 N–H and O–H groups in total. The number of amides is 1. The molecule has 5 heteroatoms. The zero-order valence-electron chi connectivity index (χ0n) is 10.3. The van der Waals surface area contributed by atoms with Crippen LogP contribution in [0.15, 0.2) is 31.0 Å². The van der Waals surface area contributed by atoms with Crippen LogP contribution in [0.4, 0.5) is 0 Å². The van der Waals surface area contributed by atoms with Gasteiger partial charge in [0.1, 0.15) is 6.10 Å². The van der Waals surface area contributed by atoms with Gasteiger partial charge < -0.3 is 14.8 Å². The van der Waals surface area contributed by atoms with E-state index in [1.54, 1.807) is 19.4 Å². The third-order valence-electron chi connectivity index (χ3n) is 2.90. The molecule has 1 fully saturated rings. The summed E-state index contributed by atoms with van der Waals surface area (Å²) in [5.41, 5.74) is 0.933. The van der Waals surface area contributed by atoms with E-state index in [2.05, 4.69) is 16.9 Å². The van der Waals surface area contributed by atoms with E-state index in [0.29, 0.717) is 12.5 Å². The summed E-state index contributed by atoms with van der Waals surface area (Å²) in [5, 5.41) is 2.86. The zero-order valence-corrected chi connectivity index (χ0v) is 10.3. The van der Waals surface area contributed by atoms with Crippen LogP contribution in [0.3, 0.4) is 0 Å². The minimum Gasteiger partial charge on any atom is -0.481 e. The molecule has 0 spiro atoms.